The molecular formula is C25H29BrF3N5O. The van der Waals surface area contributed by atoms with Gasteiger partial charge in [0.15, 0.2) is 0 Å². The third-order valence-corrected chi connectivity index (χ3v) is 6.42. The van der Waals surface area contributed by atoms with Crippen LogP contribution in [0.5, 0.6) is 5.75 Å². The zero-order chi connectivity index (χ0) is 25.0. The summed E-state index contributed by atoms with van der Waals surface area (Å²) in [5, 5.41) is 11.3. The lowest BCUT2D eigenvalue weighted by molar-refractivity contribution is -0.274. The Morgan fingerprint density at radius 3 is 2.46 bits per heavy atom. The number of para-hydroxylation sites is 1. The molecule has 0 atom stereocenters. The summed E-state index contributed by atoms with van der Waals surface area (Å²) in [6.45, 7) is 4.45. The second kappa shape index (κ2) is 11.0. The van der Waals surface area contributed by atoms with Gasteiger partial charge in [-0.3, -0.25) is 0 Å². The average Bonchev–Trinajstić information content (AvgIpc) is 2.78. The minimum atomic E-state index is -4.73. The van der Waals surface area contributed by atoms with Crippen molar-refractivity contribution in [3.05, 3.63) is 52.5 Å². The van der Waals surface area contributed by atoms with Crippen LogP contribution in [0.1, 0.15) is 45.1 Å². The quantitative estimate of drug-likeness (QED) is 0.292. The van der Waals surface area contributed by atoms with E-state index in [0.29, 0.717) is 22.5 Å². The average molecular weight is 552 g/mol. The van der Waals surface area contributed by atoms with Crippen LogP contribution < -0.4 is 20.7 Å². The van der Waals surface area contributed by atoms with Crippen LogP contribution >= 0.6 is 15.9 Å². The summed E-state index contributed by atoms with van der Waals surface area (Å²) in [5.74, 6) is 1.23. The molecular weight excluding hydrogens is 523 g/mol. The first-order chi connectivity index (χ1) is 16.7. The van der Waals surface area contributed by atoms with Crippen LogP contribution in [0.4, 0.5) is 24.9 Å². The van der Waals surface area contributed by atoms with Gasteiger partial charge in [-0.2, -0.15) is 4.98 Å². The zero-order valence-corrected chi connectivity index (χ0v) is 21.2. The van der Waals surface area contributed by atoms with Gasteiger partial charge in [0.2, 0.25) is 5.95 Å². The molecule has 1 saturated carbocycles. The molecule has 188 valence electrons. The van der Waals surface area contributed by atoms with Crippen molar-refractivity contribution in [1.82, 2.24) is 15.3 Å². The molecule has 0 unspecified atom stereocenters. The Morgan fingerprint density at radius 1 is 1.03 bits per heavy atom. The van der Waals surface area contributed by atoms with E-state index in [2.05, 4.69) is 50.5 Å². The SMILES string of the molecule is CC(C)Nc1nc(NC2CCC(NCc3ccc(Br)cc3OC(F)(F)F)CC2)nc2ccccc12. The van der Waals surface area contributed by atoms with Crippen molar-refractivity contribution in [2.75, 3.05) is 10.6 Å². The maximum absolute atomic E-state index is 12.8. The molecule has 3 aromatic rings. The third-order valence-electron chi connectivity index (χ3n) is 5.93. The Morgan fingerprint density at radius 2 is 1.74 bits per heavy atom. The molecule has 10 heteroatoms. The van der Waals surface area contributed by atoms with Crippen molar-refractivity contribution in [1.29, 1.82) is 0 Å². The van der Waals surface area contributed by atoms with E-state index in [1.165, 1.54) is 6.07 Å². The molecule has 3 N–H and O–H groups in total. The van der Waals surface area contributed by atoms with Gasteiger partial charge in [-0.15, -0.1) is 13.2 Å². The molecule has 4 rings (SSSR count). The third kappa shape index (κ3) is 7.20. The molecule has 35 heavy (non-hydrogen) atoms. The van der Waals surface area contributed by atoms with Crippen molar-refractivity contribution in [2.45, 2.75) is 70.6 Å². The van der Waals surface area contributed by atoms with E-state index in [0.717, 1.165) is 42.4 Å². The van der Waals surface area contributed by atoms with Crippen LogP contribution in [-0.2, 0) is 6.54 Å². The summed E-state index contributed by atoms with van der Waals surface area (Å²) in [5.41, 5.74) is 1.36. The van der Waals surface area contributed by atoms with Gasteiger partial charge in [0.1, 0.15) is 11.6 Å². The van der Waals surface area contributed by atoms with Crippen molar-refractivity contribution < 1.29 is 17.9 Å². The van der Waals surface area contributed by atoms with Gasteiger partial charge in [0.25, 0.3) is 0 Å². The molecule has 0 amide bonds. The molecule has 0 spiro atoms. The van der Waals surface area contributed by atoms with Crippen molar-refractivity contribution in [2.24, 2.45) is 0 Å². The maximum atomic E-state index is 12.8. The Labute approximate surface area is 211 Å². The van der Waals surface area contributed by atoms with E-state index in [9.17, 15) is 13.2 Å². The molecule has 1 heterocycles. The highest BCUT2D eigenvalue weighted by Crippen LogP contribution is 2.30. The summed E-state index contributed by atoms with van der Waals surface area (Å²) < 4.78 is 43.0. The monoisotopic (exact) mass is 551 g/mol. The molecule has 1 fully saturated rings. The summed E-state index contributed by atoms with van der Waals surface area (Å²) in [6.07, 6.45) is -1.11. The fraction of sp³-hybridized carbons (Fsp3) is 0.440. The number of halogens is 4. The second-order valence-corrected chi connectivity index (χ2v) is 10.0. The zero-order valence-electron chi connectivity index (χ0n) is 19.6. The topological polar surface area (TPSA) is 71.1 Å². The van der Waals surface area contributed by atoms with Gasteiger partial charge < -0.3 is 20.7 Å². The number of alkyl halides is 3. The molecule has 2 aromatic carbocycles. The van der Waals surface area contributed by atoms with Crippen LogP contribution in [0, 0.1) is 0 Å². The number of fused-ring (bicyclic) bond motifs is 1. The summed E-state index contributed by atoms with van der Waals surface area (Å²) in [7, 11) is 0. The number of aromatic nitrogens is 2. The molecule has 0 bridgehead atoms. The number of hydrogen-bond acceptors (Lipinski definition) is 6. The van der Waals surface area contributed by atoms with E-state index in [1.54, 1.807) is 12.1 Å². The van der Waals surface area contributed by atoms with Crippen LogP contribution in [0.15, 0.2) is 46.9 Å². The summed E-state index contributed by atoms with van der Waals surface area (Å²) >= 11 is 3.21. The van der Waals surface area contributed by atoms with E-state index in [4.69, 9.17) is 9.97 Å². The highest BCUT2D eigenvalue weighted by atomic mass is 79.9. The molecule has 1 aliphatic rings. The Balaban J connectivity index is 1.34. The lowest BCUT2D eigenvalue weighted by Gasteiger charge is -2.30. The van der Waals surface area contributed by atoms with Crippen LogP contribution in [0.3, 0.4) is 0 Å². The van der Waals surface area contributed by atoms with Crippen molar-refractivity contribution >= 4 is 38.6 Å². The molecule has 1 aliphatic carbocycles. The standard InChI is InChI=1S/C25H29BrF3N5O/c1-15(2)31-23-20-5-3-4-6-21(20)33-24(34-23)32-19-11-9-18(10-12-19)30-14-16-7-8-17(26)13-22(16)35-25(27,28)29/h3-8,13,15,18-19,30H,9-12,14H2,1-2H3,(H2,31,32,33,34). The maximum Gasteiger partial charge on any atom is 0.573 e. The van der Waals surface area contributed by atoms with E-state index in [1.807, 2.05) is 24.3 Å². The molecule has 0 saturated heterocycles. The van der Waals surface area contributed by atoms with Gasteiger partial charge in [0.05, 0.1) is 5.52 Å². The molecule has 1 aromatic heterocycles. The Kier molecular flexibility index (Phi) is 8.01. The molecule has 0 radical (unpaired) electrons. The highest BCUT2D eigenvalue weighted by molar-refractivity contribution is 9.10. The summed E-state index contributed by atoms with van der Waals surface area (Å²) in [4.78, 5) is 9.41. The Hall–Kier alpha value is -2.59. The van der Waals surface area contributed by atoms with E-state index < -0.39 is 6.36 Å². The number of hydrogen-bond donors (Lipinski definition) is 3. The van der Waals surface area contributed by atoms with Gasteiger partial charge in [-0.25, -0.2) is 4.98 Å². The largest absolute Gasteiger partial charge is 0.573 e. The minimum Gasteiger partial charge on any atom is -0.405 e. The van der Waals surface area contributed by atoms with Crippen LogP contribution in [0.2, 0.25) is 0 Å². The van der Waals surface area contributed by atoms with E-state index >= 15 is 0 Å². The highest BCUT2D eigenvalue weighted by Gasteiger charge is 2.32. The molecule has 6 nitrogen and oxygen atoms in total. The Bertz CT molecular complexity index is 1150. The number of anilines is 2. The lowest BCUT2D eigenvalue weighted by Crippen LogP contribution is -2.37. The van der Waals surface area contributed by atoms with Crippen LogP contribution in [-0.4, -0.2) is 34.5 Å². The van der Waals surface area contributed by atoms with Gasteiger partial charge in [0, 0.05) is 40.1 Å². The first-order valence-electron chi connectivity index (χ1n) is 11.7. The first-order valence-corrected chi connectivity index (χ1v) is 12.5. The van der Waals surface area contributed by atoms with Crippen molar-refractivity contribution in [3.8, 4) is 5.75 Å². The second-order valence-electron chi connectivity index (χ2n) is 9.09. The van der Waals surface area contributed by atoms with Gasteiger partial charge >= 0.3 is 6.36 Å². The lowest BCUT2D eigenvalue weighted by atomic mass is 9.91. The predicted octanol–water partition coefficient (Wildman–Crippen LogP) is 6.62. The fourth-order valence-electron chi connectivity index (χ4n) is 4.30. The van der Waals surface area contributed by atoms with Gasteiger partial charge in [-0.1, -0.05) is 34.1 Å². The smallest absolute Gasteiger partial charge is 0.405 e. The molecule has 0 aliphatic heterocycles. The number of rotatable bonds is 8. The summed E-state index contributed by atoms with van der Waals surface area (Å²) in [6, 6.07) is 13.3. The van der Waals surface area contributed by atoms with Crippen LogP contribution in [0.25, 0.3) is 10.9 Å². The first kappa shape index (κ1) is 25.5. The number of nitrogens with zero attached hydrogens (tertiary/aromatic N) is 2. The minimum absolute atomic E-state index is 0.186. The van der Waals surface area contributed by atoms with E-state index in [-0.39, 0.29) is 23.9 Å². The van der Waals surface area contributed by atoms with Crippen molar-refractivity contribution in [3.63, 3.8) is 0 Å². The number of benzene rings is 2. The predicted molar refractivity (Wildman–Crippen MR) is 136 cm³/mol. The number of ether oxygens (including phenoxy) is 1. The normalized spacial score (nSPS) is 18.6. The fourth-order valence-corrected chi connectivity index (χ4v) is 4.64. The van der Waals surface area contributed by atoms with Gasteiger partial charge in [-0.05, 0) is 63.8 Å². The number of nitrogens with one attached hydrogen (secondary N) is 3.